The van der Waals surface area contributed by atoms with E-state index in [0.717, 1.165) is 18.2 Å². The van der Waals surface area contributed by atoms with Crippen molar-refractivity contribution >= 4 is 15.7 Å². The van der Waals surface area contributed by atoms with Gasteiger partial charge in [0, 0.05) is 7.05 Å². The van der Waals surface area contributed by atoms with Gasteiger partial charge < -0.3 is 0 Å². The van der Waals surface area contributed by atoms with E-state index in [1.54, 1.807) is 37.4 Å². The molecule has 0 aliphatic carbocycles. The lowest BCUT2D eigenvalue weighted by molar-refractivity contribution is -0.137. The van der Waals surface area contributed by atoms with Crippen LogP contribution in [0.25, 0.3) is 5.69 Å². The minimum absolute atomic E-state index is 0.233. The molecule has 0 aliphatic heterocycles. The molecule has 1 N–H and O–H groups in total. The van der Waals surface area contributed by atoms with Crippen LogP contribution in [0.3, 0.4) is 0 Å². The van der Waals surface area contributed by atoms with E-state index in [-0.39, 0.29) is 5.69 Å². The lowest BCUT2D eigenvalue weighted by atomic mass is 10.2. The van der Waals surface area contributed by atoms with Crippen molar-refractivity contribution in [2.75, 3.05) is 4.72 Å². The van der Waals surface area contributed by atoms with Gasteiger partial charge in [0.2, 0.25) is 0 Å². The van der Waals surface area contributed by atoms with E-state index >= 15 is 0 Å². The van der Waals surface area contributed by atoms with Crippen LogP contribution < -0.4 is 10.3 Å². The van der Waals surface area contributed by atoms with Gasteiger partial charge in [-0.2, -0.15) is 13.2 Å². The average molecular weight is 411 g/mol. The number of hydrogen-bond acceptors (Lipinski definition) is 3. The predicted octanol–water partition coefficient (Wildman–Crippen LogP) is 3.30. The largest absolute Gasteiger partial charge is 0.416 e. The number of halogens is 3. The summed E-state index contributed by atoms with van der Waals surface area (Å²) in [7, 11) is -2.83. The maximum atomic E-state index is 12.9. The topological polar surface area (TPSA) is 73.1 Å². The highest BCUT2D eigenvalue weighted by Crippen LogP contribution is 2.31. The Kier molecular flexibility index (Phi) is 4.84. The lowest BCUT2D eigenvalue weighted by Gasteiger charge is -2.10. The first-order chi connectivity index (χ1) is 13.0. The molecule has 0 radical (unpaired) electrons. The van der Waals surface area contributed by atoms with Crippen molar-refractivity contribution in [2.45, 2.75) is 18.0 Å². The van der Waals surface area contributed by atoms with E-state index in [2.05, 4.69) is 4.72 Å². The maximum absolute atomic E-state index is 12.9. The molecule has 0 fully saturated rings. The van der Waals surface area contributed by atoms with Gasteiger partial charge >= 0.3 is 6.18 Å². The summed E-state index contributed by atoms with van der Waals surface area (Å²) < 4.78 is 68.7. The monoisotopic (exact) mass is 411 g/mol. The smallest absolute Gasteiger partial charge is 0.283 e. The Hall–Kier alpha value is -3.01. The maximum Gasteiger partial charge on any atom is 0.416 e. The number of anilines is 1. The molecule has 0 aliphatic rings. The van der Waals surface area contributed by atoms with E-state index in [1.165, 1.54) is 16.3 Å². The van der Waals surface area contributed by atoms with Crippen LogP contribution in [0.1, 0.15) is 11.3 Å². The molecule has 148 valence electrons. The van der Waals surface area contributed by atoms with E-state index in [0.29, 0.717) is 17.4 Å². The van der Waals surface area contributed by atoms with Gasteiger partial charge in [-0.1, -0.05) is 24.3 Å². The highest BCUT2D eigenvalue weighted by atomic mass is 32.2. The standard InChI is InChI=1S/C18H16F3N3O3S/c1-12-16(17(25)24(23(12)2)14-8-4-3-5-9-14)22-28(26,27)15-10-6-7-13(11-15)18(19,20)21/h3-11,22H,1-2H3. The highest BCUT2D eigenvalue weighted by Gasteiger charge is 2.32. The third kappa shape index (κ3) is 3.55. The first kappa shape index (κ1) is 19.7. The predicted molar refractivity (Wildman–Crippen MR) is 98.0 cm³/mol. The summed E-state index contributed by atoms with van der Waals surface area (Å²) >= 11 is 0. The first-order valence-electron chi connectivity index (χ1n) is 8.06. The molecule has 0 saturated carbocycles. The van der Waals surface area contributed by atoms with E-state index in [9.17, 15) is 26.4 Å². The number of hydrogen-bond donors (Lipinski definition) is 1. The number of aromatic nitrogens is 2. The van der Waals surface area contributed by atoms with E-state index in [4.69, 9.17) is 0 Å². The van der Waals surface area contributed by atoms with Crippen LogP contribution in [0, 0.1) is 6.92 Å². The Balaban J connectivity index is 2.06. The van der Waals surface area contributed by atoms with Crippen molar-refractivity contribution < 1.29 is 21.6 Å². The second-order valence-corrected chi connectivity index (χ2v) is 7.75. The third-order valence-corrected chi connectivity index (χ3v) is 5.61. The molecule has 0 spiro atoms. The van der Waals surface area contributed by atoms with Crippen LogP contribution in [-0.4, -0.2) is 17.8 Å². The summed E-state index contributed by atoms with van der Waals surface area (Å²) in [6.07, 6.45) is -4.69. The average Bonchev–Trinajstić information content (AvgIpc) is 2.85. The lowest BCUT2D eigenvalue weighted by Crippen LogP contribution is -2.23. The van der Waals surface area contributed by atoms with Crippen molar-refractivity contribution in [3.63, 3.8) is 0 Å². The second-order valence-electron chi connectivity index (χ2n) is 6.07. The van der Waals surface area contributed by atoms with E-state index < -0.39 is 32.2 Å². The van der Waals surface area contributed by atoms with Gasteiger partial charge in [-0.15, -0.1) is 0 Å². The fourth-order valence-corrected chi connectivity index (χ4v) is 3.88. The van der Waals surface area contributed by atoms with Crippen LogP contribution in [-0.2, 0) is 23.2 Å². The van der Waals surface area contributed by atoms with Crippen molar-refractivity contribution in [2.24, 2.45) is 7.05 Å². The number of para-hydroxylation sites is 1. The Morgan fingerprint density at radius 2 is 1.64 bits per heavy atom. The Bertz CT molecular complexity index is 1180. The molecule has 3 rings (SSSR count). The molecule has 0 saturated heterocycles. The third-order valence-electron chi connectivity index (χ3n) is 4.26. The number of sulfonamides is 1. The van der Waals surface area contributed by atoms with Gasteiger partial charge in [0.1, 0.15) is 5.69 Å². The van der Waals surface area contributed by atoms with Crippen LogP contribution >= 0.6 is 0 Å². The van der Waals surface area contributed by atoms with Crippen LogP contribution in [0.4, 0.5) is 18.9 Å². The summed E-state index contributed by atoms with van der Waals surface area (Å²) in [4.78, 5) is 12.2. The molecule has 0 atom stereocenters. The number of nitrogens with zero attached hydrogens (tertiary/aromatic N) is 2. The molecule has 0 bridgehead atoms. The van der Waals surface area contributed by atoms with Crippen LogP contribution in [0.2, 0.25) is 0 Å². The van der Waals surface area contributed by atoms with Gasteiger partial charge in [-0.05, 0) is 37.3 Å². The second kappa shape index (κ2) is 6.86. The van der Waals surface area contributed by atoms with Crippen LogP contribution in [0.5, 0.6) is 0 Å². The molecular weight excluding hydrogens is 395 g/mol. The normalized spacial score (nSPS) is 12.2. The van der Waals surface area contributed by atoms with Gasteiger partial charge in [0.05, 0.1) is 21.8 Å². The molecule has 0 unspecified atom stereocenters. The Labute approximate surface area is 158 Å². The summed E-state index contributed by atoms with van der Waals surface area (Å²) in [6, 6.07) is 11.9. The minimum atomic E-state index is -4.69. The number of nitrogens with one attached hydrogen (secondary N) is 1. The zero-order valence-corrected chi connectivity index (χ0v) is 15.7. The van der Waals surface area contributed by atoms with Crippen molar-refractivity contribution in [1.82, 2.24) is 9.36 Å². The minimum Gasteiger partial charge on any atom is -0.283 e. The Morgan fingerprint density at radius 3 is 2.25 bits per heavy atom. The fraction of sp³-hybridized carbons (Fsp3) is 0.167. The van der Waals surface area contributed by atoms with Gasteiger partial charge in [-0.3, -0.25) is 14.2 Å². The molecule has 1 heterocycles. The van der Waals surface area contributed by atoms with Crippen molar-refractivity contribution in [3.05, 3.63) is 76.2 Å². The number of benzene rings is 2. The zero-order valence-electron chi connectivity index (χ0n) is 14.9. The SMILES string of the molecule is Cc1c(NS(=O)(=O)c2cccc(C(F)(F)F)c2)c(=O)n(-c2ccccc2)n1C. The molecule has 1 aromatic heterocycles. The summed E-state index contributed by atoms with van der Waals surface area (Å²) in [6.45, 7) is 1.53. The molecule has 28 heavy (non-hydrogen) atoms. The summed E-state index contributed by atoms with van der Waals surface area (Å²) in [5, 5.41) is 0. The molecule has 10 heteroatoms. The summed E-state index contributed by atoms with van der Waals surface area (Å²) in [5.74, 6) is 0. The van der Waals surface area contributed by atoms with Gasteiger partial charge in [0.15, 0.2) is 0 Å². The quantitative estimate of drug-likeness (QED) is 0.716. The summed E-state index contributed by atoms with van der Waals surface area (Å²) in [5.41, 5.74) is -1.14. The number of rotatable bonds is 4. The Morgan fingerprint density at radius 1 is 1.00 bits per heavy atom. The van der Waals surface area contributed by atoms with Gasteiger partial charge in [-0.25, -0.2) is 13.1 Å². The van der Waals surface area contributed by atoms with Crippen molar-refractivity contribution in [3.8, 4) is 5.69 Å². The van der Waals surface area contributed by atoms with Crippen LogP contribution in [0.15, 0.2) is 64.3 Å². The first-order valence-corrected chi connectivity index (χ1v) is 9.55. The molecule has 3 aromatic rings. The molecular formula is C18H16F3N3O3S. The highest BCUT2D eigenvalue weighted by molar-refractivity contribution is 7.92. The molecule has 2 aromatic carbocycles. The van der Waals surface area contributed by atoms with Gasteiger partial charge in [0.25, 0.3) is 15.6 Å². The fourth-order valence-electron chi connectivity index (χ4n) is 2.72. The van der Waals surface area contributed by atoms with Crippen molar-refractivity contribution in [1.29, 1.82) is 0 Å². The van der Waals surface area contributed by atoms with E-state index in [1.807, 2.05) is 0 Å². The zero-order chi connectivity index (χ0) is 20.7. The molecule has 0 amide bonds. The number of alkyl halides is 3. The molecule has 6 nitrogen and oxygen atoms in total.